The average Bonchev–Trinajstić information content (AvgIpc) is 2.98. The number of benzene rings is 2. The molecule has 110 valence electrons. The standard InChI is InChI=1S/C15H12FN5S/c16-12-6-8-13(9-7-12)18-15-19-14(21-22-15)20-17-10-11-4-2-1-3-5-11/h1-10H,(H2,18,19,20,21)/b17-10+. The van der Waals surface area contributed by atoms with E-state index in [0.717, 1.165) is 11.3 Å². The Morgan fingerprint density at radius 3 is 2.59 bits per heavy atom. The highest BCUT2D eigenvalue weighted by Gasteiger charge is 2.03. The molecule has 7 heteroatoms. The maximum absolute atomic E-state index is 12.8. The zero-order valence-electron chi connectivity index (χ0n) is 11.4. The van der Waals surface area contributed by atoms with Gasteiger partial charge in [-0.05, 0) is 29.8 Å². The van der Waals surface area contributed by atoms with Crippen molar-refractivity contribution >= 4 is 34.5 Å². The number of hydrogen-bond donors (Lipinski definition) is 2. The highest BCUT2D eigenvalue weighted by atomic mass is 32.1. The predicted octanol–water partition coefficient (Wildman–Crippen LogP) is 3.87. The monoisotopic (exact) mass is 313 g/mol. The Bertz CT molecular complexity index is 755. The zero-order valence-corrected chi connectivity index (χ0v) is 12.2. The summed E-state index contributed by atoms with van der Waals surface area (Å²) in [5.74, 6) is 0.127. The number of rotatable bonds is 5. The average molecular weight is 313 g/mol. The topological polar surface area (TPSA) is 62.2 Å². The Labute approximate surface area is 130 Å². The lowest BCUT2D eigenvalue weighted by Gasteiger charge is -2.00. The normalized spacial score (nSPS) is 10.8. The third-order valence-electron chi connectivity index (χ3n) is 2.70. The fourth-order valence-electron chi connectivity index (χ4n) is 1.68. The Balaban J connectivity index is 1.59. The lowest BCUT2D eigenvalue weighted by molar-refractivity contribution is 0.628. The van der Waals surface area contributed by atoms with Gasteiger partial charge in [-0.25, -0.2) is 9.82 Å². The van der Waals surface area contributed by atoms with Gasteiger partial charge in [-0.15, -0.1) is 4.37 Å². The smallest absolute Gasteiger partial charge is 0.257 e. The molecule has 2 aromatic carbocycles. The highest BCUT2D eigenvalue weighted by molar-refractivity contribution is 7.10. The summed E-state index contributed by atoms with van der Waals surface area (Å²) in [6, 6.07) is 15.7. The van der Waals surface area contributed by atoms with Crippen molar-refractivity contribution in [1.29, 1.82) is 0 Å². The summed E-state index contributed by atoms with van der Waals surface area (Å²) in [6.45, 7) is 0. The van der Waals surface area contributed by atoms with E-state index in [-0.39, 0.29) is 5.82 Å². The van der Waals surface area contributed by atoms with Crippen molar-refractivity contribution < 1.29 is 4.39 Å². The molecule has 3 rings (SSSR count). The Hall–Kier alpha value is -2.80. The van der Waals surface area contributed by atoms with Crippen LogP contribution in [0.25, 0.3) is 0 Å². The quantitative estimate of drug-likeness (QED) is 0.554. The molecule has 0 amide bonds. The number of anilines is 3. The highest BCUT2D eigenvalue weighted by Crippen LogP contribution is 2.20. The van der Waals surface area contributed by atoms with Crippen LogP contribution in [0.5, 0.6) is 0 Å². The maximum Gasteiger partial charge on any atom is 0.257 e. The van der Waals surface area contributed by atoms with E-state index >= 15 is 0 Å². The van der Waals surface area contributed by atoms with Crippen LogP contribution in [0, 0.1) is 5.82 Å². The van der Waals surface area contributed by atoms with Crippen LogP contribution in [0.15, 0.2) is 59.7 Å². The van der Waals surface area contributed by atoms with E-state index < -0.39 is 0 Å². The lowest BCUT2D eigenvalue weighted by Crippen LogP contribution is -1.93. The fourth-order valence-corrected chi connectivity index (χ4v) is 2.23. The largest absolute Gasteiger partial charge is 0.330 e. The van der Waals surface area contributed by atoms with Crippen LogP contribution in [-0.2, 0) is 0 Å². The summed E-state index contributed by atoms with van der Waals surface area (Å²) in [5.41, 5.74) is 4.49. The molecule has 0 aliphatic heterocycles. The van der Waals surface area contributed by atoms with Gasteiger partial charge in [0.25, 0.3) is 5.95 Å². The molecule has 0 unspecified atom stereocenters. The molecular formula is C15H12FN5S. The van der Waals surface area contributed by atoms with E-state index in [0.29, 0.717) is 11.1 Å². The second-order valence-corrected chi connectivity index (χ2v) is 5.09. The van der Waals surface area contributed by atoms with E-state index in [1.54, 1.807) is 18.3 Å². The lowest BCUT2D eigenvalue weighted by atomic mass is 10.2. The summed E-state index contributed by atoms with van der Waals surface area (Å²) >= 11 is 1.19. The van der Waals surface area contributed by atoms with Crippen molar-refractivity contribution in [1.82, 2.24) is 9.36 Å². The molecule has 3 aromatic rings. The minimum Gasteiger partial charge on any atom is -0.330 e. The van der Waals surface area contributed by atoms with Crippen LogP contribution in [0.2, 0.25) is 0 Å². The van der Waals surface area contributed by atoms with Gasteiger partial charge in [0.2, 0.25) is 5.13 Å². The van der Waals surface area contributed by atoms with Crippen molar-refractivity contribution in [2.45, 2.75) is 0 Å². The molecule has 1 heterocycles. The molecule has 5 nitrogen and oxygen atoms in total. The number of aromatic nitrogens is 2. The van der Waals surface area contributed by atoms with Crippen LogP contribution in [-0.4, -0.2) is 15.6 Å². The first-order chi connectivity index (χ1) is 10.8. The first-order valence-corrected chi connectivity index (χ1v) is 7.27. The molecule has 0 atom stereocenters. The van der Waals surface area contributed by atoms with Crippen LogP contribution in [0.4, 0.5) is 21.2 Å². The minimum absolute atomic E-state index is 0.277. The van der Waals surface area contributed by atoms with Gasteiger partial charge >= 0.3 is 0 Å². The number of nitrogens with zero attached hydrogens (tertiary/aromatic N) is 3. The van der Waals surface area contributed by atoms with E-state index in [1.807, 2.05) is 30.3 Å². The summed E-state index contributed by atoms with van der Waals surface area (Å²) in [7, 11) is 0. The van der Waals surface area contributed by atoms with Gasteiger partial charge in [0.1, 0.15) is 5.82 Å². The van der Waals surface area contributed by atoms with Crippen LogP contribution >= 0.6 is 11.5 Å². The number of hydrazone groups is 1. The van der Waals surface area contributed by atoms with Crippen LogP contribution in [0.1, 0.15) is 5.56 Å². The predicted molar refractivity (Wildman–Crippen MR) is 87.3 cm³/mol. The zero-order chi connectivity index (χ0) is 15.2. The van der Waals surface area contributed by atoms with Crippen molar-refractivity contribution in [3.8, 4) is 0 Å². The van der Waals surface area contributed by atoms with Crippen molar-refractivity contribution in [3.05, 3.63) is 66.0 Å². The Kier molecular flexibility index (Phi) is 4.35. The molecule has 1 aromatic heterocycles. The van der Waals surface area contributed by atoms with Gasteiger partial charge in [-0.1, -0.05) is 30.3 Å². The maximum atomic E-state index is 12.8. The summed E-state index contributed by atoms with van der Waals surface area (Å²) in [6.07, 6.45) is 1.69. The first kappa shape index (κ1) is 14.2. The summed E-state index contributed by atoms with van der Waals surface area (Å²) in [4.78, 5) is 4.24. The van der Waals surface area contributed by atoms with E-state index in [1.165, 1.54) is 23.7 Å². The second kappa shape index (κ2) is 6.77. The number of halogens is 1. The van der Waals surface area contributed by atoms with Gasteiger partial charge in [-0.3, -0.25) is 0 Å². The van der Waals surface area contributed by atoms with Gasteiger partial charge in [0, 0.05) is 17.2 Å². The Morgan fingerprint density at radius 2 is 1.82 bits per heavy atom. The fraction of sp³-hybridized carbons (Fsp3) is 0. The molecule has 0 bridgehead atoms. The SMILES string of the molecule is Fc1ccc(Nc2nc(N/N=C/c3ccccc3)ns2)cc1. The van der Waals surface area contributed by atoms with E-state index in [9.17, 15) is 4.39 Å². The summed E-state index contributed by atoms with van der Waals surface area (Å²) < 4.78 is 17.0. The third-order valence-corrected chi connectivity index (χ3v) is 3.33. The molecule has 2 N–H and O–H groups in total. The van der Waals surface area contributed by atoms with Gasteiger partial charge in [-0.2, -0.15) is 10.1 Å². The third kappa shape index (κ3) is 3.86. The number of hydrogen-bond acceptors (Lipinski definition) is 6. The van der Waals surface area contributed by atoms with Gasteiger partial charge in [0.15, 0.2) is 0 Å². The molecule has 0 spiro atoms. The van der Waals surface area contributed by atoms with Crippen LogP contribution in [0.3, 0.4) is 0 Å². The second-order valence-electron chi connectivity index (χ2n) is 4.34. The van der Waals surface area contributed by atoms with Crippen molar-refractivity contribution in [2.24, 2.45) is 5.10 Å². The van der Waals surface area contributed by atoms with Gasteiger partial charge in [0.05, 0.1) is 6.21 Å². The molecule has 0 saturated carbocycles. The van der Waals surface area contributed by atoms with Gasteiger partial charge < -0.3 is 5.32 Å². The molecule has 22 heavy (non-hydrogen) atoms. The first-order valence-electron chi connectivity index (χ1n) is 6.50. The molecule has 0 fully saturated rings. The van der Waals surface area contributed by atoms with Crippen molar-refractivity contribution in [3.63, 3.8) is 0 Å². The van der Waals surface area contributed by atoms with Crippen LogP contribution < -0.4 is 10.7 Å². The minimum atomic E-state index is -0.277. The molecule has 0 aliphatic carbocycles. The number of nitrogens with one attached hydrogen (secondary N) is 2. The van der Waals surface area contributed by atoms with E-state index in [4.69, 9.17) is 0 Å². The van der Waals surface area contributed by atoms with Crippen molar-refractivity contribution in [2.75, 3.05) is 10.7 Å². The molecular weight excluding hydrogens is 301 g/mol. The molecule has 0 aliphatic rings. The molecule has 0 saturated heterocycles. The summed E-state index contributed by atoms with van der Waals surface area (Å²) in [5, 5.41) is 7.72. The van der Waals surface area contributed by atoms with E-state index in [2.05, 4.69) is 25.2 Å². The Morgan fingerprint density at radius 1 is 1.05 bits per heavy atom. The molecule has 0 radical (unpaired) electrons.